The van der Waals surface area contributed by atoms with Crippen molar-refractivity contribution in [2.24, 2.45) is 0 Å². The average molecular weight is 143 g/mol. The lowest BCUT2D eigenvalue weighted by Crippen LogP contribution is -1.94. The first-order valence-electron chi connectivity index (χ1n) is 2.33. The Morgan fingerprint density at radius 2 is 1.71 bits per heavy atom. The molecule has 0 saturated heterocycles. The van der Waals surface area contributed by atoms with Gasteiger partial charge in [-0.25, -0.2) is 0 Å². The summed E-state index contributed by atoms with van der Waals surface area (Å²) in [6.45, 7) is 3.79. The number of hydrogen-bond donors (Lipinski definition) is 1. The lowest BCUT2D eigenvalue weighted by molar-refractivity contribution is 0.642. The summed E-state index contributed by atoms with van der Waals surface area (Å²) in [5.74, 6) is 1.40. The van der Waals surface area contributed by atoms with Crippen LogP contribution >= 0.6 is 20.2 Å². The Balaban J connectivity index is 3.36. The third kappa shape index (κ3) is 3.21. The van der Waals surface area contributed by atoms with Crippen LogP contribution in [0.2, 0.25) is 0 Å². The smallest absolute Gasteiger partial charge is 0.00917 e. The molecule has 0 aromatic rings. The van der Waals surface area contributed by atoms with E-state index >= 15 is 0 Å². The second kappa shape index (κ2) is 2.80. The summed E-state index contributed by atoms with van der Waals surface area (Å²) in [7, 11) is 3.86. The second-order valence-corrected chi connectivity index (χ2v) is 5.70. The van der Waals surface area contributed by atoms with Crippen LogP contribution in [-0.2, 0) is 0 Å². The zero-order valence-corrected chi connectivity index (χ0v) is 6.22. The molecular weight excluding hydrogens is 132 g/mol. The first-order valence-corrected chi connectivity index (χ1v) is 5.08. The Hall–Kier alpha value is 0.600. The molecule has 0 saturated carbocycles. The third-order valence-electron chi connectivity index (χ3n) is 0.885. The molecule has 3 heteroatoms. The SMILES string of the molecule is CCS(O)(Cl)CC. The van der Waals surface area contributed by atoms with E-state index in [2.05, 4.69) is 0 Å². The van der Waals surface area contributed by atoms with E-state index in [1.54, 1.807) is 0 Å². The fourth-order valence-electron chi connectivity index (χ4n) is 0.204. The summed E-state index contributed by atoms with van der Waals surface area (Å²) in [5, 5.41) is 0. The van der Waals surface area contributed by atoms with Crippen LogP contribution in [0.25, 0.3) is 0 Å². The lowest BCUT2D eigenvalue weighted by Gasteiger charge is -2.20. The molecule has 0 aromatic carbocycles. The van der Waals surface area contributed by atoms with Crippen LogP contribution in [0.3, 0.4) is 0 Å². The van der Waals surface area contributed by atoms with Gasteiger partial charge in [-0.15, -0.1) is 0 Å². The standard InChI is InChI=1S/C4H11ClOS/c1-3-7(5,6)4-2/h6H,3-4H2,1-2H3. The van der Waals surface area contributed by atoms with Gasteiger partial charge in [-0.3, -0.25) is 0 Å². The summed E-state index contributed by atoms with van der Waals surface area (Å²) in [6.07, 6.45) is 0. The molecule has 0 aliphatic heterocycles. The molecule has 1 nitrogen and oxygen atoms in total. The molecule has 0 aromatic heterocycles. The molecule has 46 valence electrons. The molecule has 0 amide bonds. The summed E-state index contributed by atoms with van der Waals surface area (Å²) in [4.78, 5) is 0. The second-order valence-electron chi connectivity index (χ2n) is 1.33. The van der Waals surface area contributed by atoms with E-state index in [0.29, 0.717) is 11.5 Å². The zero-order valence-electron chi connectivity index (χ0n) is 4.65. The predicted molar refractivity (Wildman–Crippen MR) is 37.2 cm³/mol. The van der Waals surface area contributed by atoms with E-state index in [9.17, 15) is 0 Å². The highest BCUT2D eigenvalue weighted by Crippen LogP contribution is 2.47. The van der Waals surface area contributed by atoms with Crippen molar-refractivity contribution in [2.45, 2.75) is 13.8 Å². The fraction of sp³-hybridized carbons (Fsp3) is 1.00. The van der Waals surface area contributed by atoms with Gasteiger partial charge in [0.25, 0.3) is 0 Å². The van der Waals surface area contributed by atoms with Crippen molar-refractivity contribution < 1.29 is 4.55 Å². The highest BCUT2D eigenvalue weighted by molar-refractivity contribution is 8.47. The Morgan fingerprint density at radius 3 is 1.71 bits per heavy atom. The molecule has 7 heavy (non-hydrogen) atoms. The largest absolute Gasteiger partial charge is 0.338 e. The molecule has 0 fully saturated rings. The van der Waals surface area contributed by atoms with Crippen LogP contribution in [0.4, 0.5) is 0 Å². The molecule has 1 N–H and O–H groups in total. The zero-order chi connectivity index (χ0) is 5.91. The molecule has 0 aliphatic rings. The summed E-state index contributed by atoms with van der Waals surface area (Å²) >= 11 is 0. The minimum Gasteiger partial charge on any atom is -0.338 e. The van der Waals surface area contributed by atoms with Crippen LogP contribution in [0, 0.1) is 0 Å². The Bertz CT molecular complexity index is 49.7. The van der Waals surface area contributed by atoms with Crippen molar-refractivity contribution in [3.63, 3.8) is 0 Å². The van der Waals surface area contributed by atoms with Crippen LogP contribution in [0.15, 0.2) is 0 Å². The highest BCUT2D eigenvalue weighted by Gasteiger charge is 2.08. The quantitative estimate of drug-likeness (QED) is 0.628. The number of hydrogen-bond acceptors (Lipinski definition) is 1. The van der Waals surface area contributed by atoms with E-state index < -0.39 is 9.52 Å². The van der Waals surface area contributed by atoms with Crippen LogP contribution < -0.4 is 0 Å². The minimum absolute atomic E-state index is 0.699. The number of halogens is 1. The summed E-state index contributed by atoms with van der Waals surface area (Å²) in [5.41, 5.74) is 0. The first kappa shape index (κ1) is 7.60. The van der Waals surface area contributed by atoms with Crippen molar-refractivity contribution in [1.82, 2.24) is 0 Å². The molecule has 0 rings (SSSR count). The first-order chi connectivity index (χ1) is 3.12. The molecule has 0 radical (unpaired) electrons. The summed E-state index contributed by atoms with van der Waals surface area (Å²) < 4.78 is 8.98. The summed E-state index contributed by atoms with van der Waals surface area (Å²) in [6, 6.07) is 0. The van der Waals surface area contributed by atoms with Crippen LogP contribution in [0.5, 0.6) is 0 Å². The fourth-order valence-corrected chi connectivity index (χ4v) is 0.612. The Kier molecular flexibility index (Phi) is 3.04. The van der Waals surface area contributed by atoms with Crippen LogP contribution in [-0.4, -0.2) is 16.1 Å². The van der Waals surface area contributed by atoms with Gasteiger partial charge in [0.15, 0.2) is 0 Å². The van der Waals surface area contributed by atoms with E-state index in [4.69, 9.17) is 15.2 Å². The van der Waals surface area contributed by atoms with Crippen molar-refractivity contribution >= 4 is 20.2 Å². The van der Waals surface area contributed by atoms with Crippen molar-refractivity contribution in [3.8, 4) is 0 Å². The number of rotatable bonds is 2. The van der Waals surface area contributed by atoms with Crippen molar-refractivity contribution in [2.75, 3.05) is 11.5 Å². The average Bonchev–Trinajstić information content (AvgIpc) is 1.68. The molecule has 0 bridgehead atoms. The van der Waals surface area contributed by atoms with Gasteiger partial charge < -0.3 is 4.55 Å². The van der Waals surface area contributed by atoms with Crippen LogP contribution in [0.1, 0.15) is 13.8 Å². The molecule has 0 aliphatic carbocycles. The van der Waals surface area contributed by atoms with Gasteiger partial charge in [0.1, 0.15) is 0 Å². The molecular formula is C4H11ClOS. The van der Waals surface area contributed by atoms with Gasteiger partial charge in [0.2, 0.25) is 0 Å². The van der Waals surface area contributed by atoms with Crippen molar-refractivity contribution in [3.05, 3.63) is 0 Å². The van der Waals surface area contributed by atoms with Gasteiger partial charge in [-0.05, 0) is 10.7 Å². The predicted octanol–water partition coefficient (Wildman–Crippen LogP) is 2.46. The minimum atomic E-state index is -1.69. The monoisotopic (exact) mass is 142 g/mol. The normalized spacial score (nSPS) is 14.3. The Morgan fingerprint density at radius 1 is 1.43 bits per heavy atom. The van der Waals surface area contributed by atoms with Crippen molar-refractivity contribution in [1.29, 1.82) is 0 Å². The van der Waals surface area contributed by atoms with Gasteiger partial charge in [0.05, 0.1) is 0 Å². The topological polar surface area (TPSA) is 20.2 Å². The maximum atomic E-state index is 8.98. The van der Waals surface area contributed by atoms with E-state index in [0.717, 1.165) is 0 Å². The lowest BCUT2D eigenvalue weighted by atomic mass is 11.0. The van der Waals surface area contributed by atoms with E-state index in [1.807, 2.05) is 13.8 Å². The van der Waals surface area contributed by atoms with Gasteiger partial charge in [-0.1, -0.05) is 23.4 Å². The molecule has 0 unspecified atom stereocenters. The molecule has 0 heterocycles. The van der Waals surface area contributed by atoms with E-state index in [1.165, 1.54) is 0 Å². The maximum Gasteiger partial charge on any atom is 0.00917 e. The maximum absolute atomic E-state index is 8.98. The molecule has 0 atom stereocenters. The molecule has 0 spiro atoms. The highest BCUT2D eigenvalue weighted by atomic mass is 35.7. The van der Waals surface area contributed by atoms with E-state index in [-0.39, 0.29) is 0 Å². The third-order valence-corrected chi connectivity index (χ3v) is 3.96. The van der Waals surface area contributed by atoms with Gasteiger partial charge >= 0.3 is 0 Å². The van der Waals surface area contributed by atoms with Gasteiger partial charge in [-0.2, -0.15) is 0 Å². The van der Waals surface area contributed by atoms with Gasteiger partial charge in [0, 0.05) is 11.5 Å². The Labute approximate surface area is 50.7 Å².